The zero-order valence-corrected chi connectivity index (χ0v) is 24.1. The van der Waals surface area contributed by atoms with Crippen LogP contribution in [0.25, 0.3) is 0 Å². The Bertz CT molecular complexity index is 870. The van der Waals surface area contributed by atoms with Crippen LogP contribution in [0, 0.1) is 0 Å². The van der Waals surface area contributed by atoms with Crippen LogP contribution in [0.5, 0.6) is 0 Å². The lowest BCUT2D eigenvalue weighted by Gasteiger charge is -2.47. The van der Waals surface area contributed by atoms with Gasteiger partial charge in [0.1, 0.15) is 0 Å². The fourth-order valence-corrected chi connectivity index (χ4v) is 9.77. The van der Waals surface area contributed by atoms with Crippen molar-refractivity contribution in [2.75, 3.05) is 0 Å². The smallest absolute Gasteiger partial charge is 0.287 e. The van der Waals surface area contributed by atoms with Crippen LogP contribution in [-0.2, 0) is 39.4 Å². The van der Waals surface area contributed by atoms with E-state index < -0.39 is 57.9 Å². The zero-order valence-electron chi connectivity index (χ0n) is 22.5. The highest BCUT2D eigenvalue weighted by atomic mass is 32.2. The molecule has 210 valence electrons. The molecule has 14 heteroatoms. The average molecular weight is 555 g/mol. The Labute approximate surface area is 216 Å². The van der Waals surface area contributed by atoms with Crippen molar-refractivity contribution in [3.63, 3.8) is 0 Å². The second-order valence-corrected chi connectivity index (χ2v) is 13.7. The van der Waals surface area contributed by atoms with Gasteiger partial charge in [0, 0.05) is 24.2 Å². The third-order valence-electron chi connectivity index (χ3n) is 7.97. The molecule has 12 nitrogen and oxygen atoms in total. The van der Waals surface area contributed by atoms with Gasteiger partial charge in [-0.1, -0.05) is 27.7 Å². The summed E-state index contributed by atoms with van der Waals surface area (Å²) < 4.78 is 84.9. The molecule has 4 aliphatic heterocycles. The van der Waals surface area contributed by atoms with Crippen LogP contribution in [0.3, 0.4) is 0 Å². The minimum absolute atomic E-state index is 0.335. The zero-order chi connectivity index (χ0) is 26.7. The van der Waals surface area contributed by atoms with Gasteiger partial charge < -0.3 is 18.9 Å². The highest BCUT2D eigenvalue weighted by Gasteiger charge is 2.65. The second kappa shape index (κ2) is 10.3. The Morgan fingerprint density at radius 2 is 0.694 bits per heavy atom. The second-order valence-electron chi connectivity index (χ2n) is 10.2. The molecular weight excluding hydrogens is 512 g/mol. The van der Waals surface area contributed by atoms with Gasteiger partial charge in [-0.05, 0) is 53.4 Å². The highest BCUT2D eigenvalue weighted by Crippen LogP contribution is 2.45. The minimum Gasteiger partial charge on any atom is -0.324 e. The Balaban J connectivity index is 1.71. The fourth-order valence-electron chi connectivity index (χ4n) is 5.26. The summed E-state index contributed by atoms with van der Waals surface area (Å²) in [7, 11) is -7.76. The van der Waals surface area contributed by atoms with Crippen LogP contribution in [0.15, 0.2) is 0 Å². The van der Waals surface area contributed by atoms with E-state index >= 15 is 0 Å². The van der Waals surface area contributed by atoms with Gasteiger partial charge in [0.05, 0.1) is 0 Å². The average Bonchev–Trinajstić information content (AvgIpc) is 3.20. The van der Waals surface area contributed by atoms with E-state index in [-0.39, 0.29) is 24.2 Å². The maximum atomic E-state index is 13.6. The summed E-state index contributed by atoms with van der Waals surface area (Å²) in [6.07, 6.45) is -3.63. The number of hydrogen-bond acceptors (Lipinski definition) is 8. The van der Waals surface area contributed by atoms with Crippen molar-refractivity contribution in [1.82, 2.24) is 17.2 Å². The van der Waals surface area contributed by atoms with E-state index in [0.717, 1.165) is 0 Å². The highest BCUT2D eigenvalue weighted by molar-refractivity contribution is 7.87. The van der Waals surface area contributed by atoms with Crippen LogP contribution in [0.2, 0.25) is 0 Å². The molecule has 0 aromatic rings. The molecule has 4 aliphatic rings. The molecule has 0 aromatic heterocycles. The lowest BCUT2D eigenvalue weighted by Crippen LogP contribution is -2.64. The molecule has 4 heterocycles. The Morgan fingerprint density at radius 1 is 0.500 bits per heavy atom. The first-order chi connectivity index (χ1) is 16.9. The van der Waals surface area contributed by atoms with E-state index in [4.69, 9.17) is 18.9 Å². The number of hydrogen-bond donors (Lipinski definition) is 0. The molecule has 0 spiro atoms. The van der Waals surface area contributed by atoms with Crippen LogP contribution in [-0.4, -0.2) is 95.7 Å². The third kappa shape index (κ3) is 4.25. The maximum absolute atomic E-state index is 13.6. The molecule has 0 radical (unpaired) electrons. The maximum Gasteiger partial charge on any atom is 0.287 e. The summed E-state index contributed by atoms with van der Waals surface area (Å²) in [6, 6.07) is -1.34. The molecule has 2 unspecified atom stereocenters. The summed E-state index contributed by atoms with van der Waals surface area (Å²) in [6.45, 7) is 15.0. The first-order valence-electron chi connectivity index (χ1n) is 13.1. The summed E-state index contributed by atoms with van der Waals surface area (Å²) in [5, 5.41) is 0. The lowest BCUT2D eigenvalue weighted by atomic mass is 10.2. The third-order valence-corrected chi connectivity index (χ3v) is 12.4. The Morgan fingerprint density at radius 3 is 0.861 bits per heavy atom. The fraction of sp³-hybridized carbons (Fsp3) is 1.00. The van der Waals surface area contributed by atoms with Gasteiger partial charge in [-0.15, -0.1) is 0 Å². The van der Waals surface area contributed by atoms with E-state index in [1.807, 2.05) is 55.4 Å². The van der Waals surface area contributed by atoms with E-state index in [9.17, 15) is 16.8 Å². The van der Waals surface area contributed by atoms with Gasteiger partial charge in [-0.25, -0.2) is 0 Å². The normalized spacial score (nSPS) is 40.2. The van der Waals surface area contributed by atoms with Crippen LogP contribution in [0.4, 0.5) is 0 Å². The van der Waals surface area contributed by atoms with Crippen molar-refractivity contribution in [1.29, 1.82) is 0 Å². The minimum atomic E-state index is -3.88. The van der Waals surface area contributed by atoms with E-state index in [1.165, 1.54) is 17.2 Å². The van der Waals surface area contributed by atoms with Crippen molar-refractivity contribution < 1.29 is 35.8 Å². The van der Waals surface area contributed by atoms with Crippen LogP contribution >= 0.6 is 0 Å². The Hall–Kier alpha value is -0.420. The standard InChI is InChI=1S/C22H42N4O8S2/c1-9-13(5)23-17-18(24(14(6)10-2)35(23,27)28)32-22-21(31-17)33-19-20(34-22)26(16(8)12-4)36(29,30)25(19)15(7)11-3/h13-22H,9-12H2,1-8H3/t13-,14-,15-,16-,17-,18-,19+,20+,21?,22?/m0/s1. The molecule has 0 amide bonds. The van der Waals surface area contributed by atoms with Crippen LogP contribution < -0.4 is 0 Å². The lowest BCUT2D eigenvalue weighted by molar-refractivity contribution is -0.443. The molecular formula is C22H42N4O8S2. The first kappa shape index (κ1) is 28.6. The van der Waals surface area contributed by atoms with E-state index in [2.05, 4.69) is 0 Å². The van der Waals surface area contributed by atoms with Gasteiger partial charge in [0.25, 0.3) is 20.4 Å². The predicted molar refractivity (Wildman–Crippen MR) is 131 cm³/mol. The molecule has 10 atom stereocenters. The first-order valence-corrected chi connectivity index (χ1v) is 15.9. The van der Waals surface area contributed by atoms with Gasteiger partial charge in [0.15, 0.2) is 24.9 Å². The van der Waals surface area contributed by atoms with Crippen LogP contribution in [0.1, 0.15) is 81.1 Å². The number of rotatable bonds is 8. The molecule has 0 aliphatic carbocycles. The number of fused-ring (bicyclic) bond motifs is 3. The van der Waals surface area contributed by atoms with Crippen molar-refractivity contribution in [2.24, 2.45) is 0 Å². The summed E-state index contributed by atoms with van der Waals surface area (Å²) in [5.41, 5.74) is 0. The quantitative estimate of drug-likeness (QED) is 0.447. The van der Waals surface area contributed by atoms with Gasteiger partial charge in [-0.3, -0.25) is 0 Å². The molecule has 36 heavy (non-hydrogen) atoms. The Kier molecular flexibility index (Phi) is 8.16. The van der Waals surface area contributed by atoms with Crippen molar-refractivity contribution >= 4 is 20.4 Å². The summed E-state index contributed by atoms with van der Waals surface area (Å²) in [4.78, 5) is 0. The molecule has 4 saturated heterocycles. The molecule has 0 saturated carbocycles. The topological polar surface area (TPSA) is 118 Å². The number of nitrogens with zero attached hydrogens (tertiary/aromatic N) is 4. The molecule has 0 aromatic carbocycles. The van der Waals surface area contributed by atoms with E-state index in [1.54, 1.807) is 0 Å². The van der Waals surface area contributed by atoms with E-state index in [0.29, 0.717) is 25.7 Å². The predicted octanol–water partition coefficient (Wildman–Crippen LogP) is 1.96. The largest absolute Gasteiger partial charge is 0.324 e. The molecule has 4 fully saturated rings. The molecule has 0 N–H and O–H groups in total. The monoisotopic (exact) mass is 554 g/mol. The van der Waals surface area contributed by atoms with Crippen molar-refractivity contribution in [2.45, 2.75) is 143 Å². The van der Waals surface area contributed by atoms with Crippen molar-refractivity contribution in [3.8, 4) is 0 Å². The number of ether oxygens (including phenoxy) is 4. The summed E-state index contributed by atoms with van der Waals surface area (Å²) >= 11 is 0. The molecule has 4 rings (SSSR count). The van der Waals surface area contributed by atoms with Gasteiger partial charge in [-0.2, -0.15) is 34.1 Å². The van der Waals surface area contributed by atoms with Gasteiger partial charge in [0.2, 0.25) is 12.6 Å². The molecule has 0 bridgehead atoms. The summed E-state index contributed by atoms with van der Waals surface area (Å²) in [5.74, 6) is 0. The van der Waals surface area contributed by atoms with Crippen molar-refractivity contribution in [3.05, 3.63) is 0 Å². The SMILES string of the molecule is CC[C@H](C)N1[C@@H]2OC3O[C@H]4[C@H](OC3O[C@H]2N([C@@H](C)CC)S1(=O)=O)N([C@@H](C)CC)S(=O)(=O)N4[C@@H](C)CC. The van der Waals surface area contributed by atoms with Gasteiger partial charge >= 0.3 is 0 Å².